The molecule has 0 atom stereocenters. The summed E-state index contributed by atoms with van der Waals surface area (Å²) in [4.78, 5) is 14.9. The molecular formula is C12H7F6N3O2. The molecule has 0 aliphatic carbocycles. The maximum atomic E-state index is 12.6. The second kappa shape index (κ2) is 5.82. The molecule has 1 heterocycles. The zero-order valence-corrected chi connectivity index (χ0v) is 10.9. The van der Waals surface area contributed by atoms with Crippen molar-refractivity contribution in [1.82, 2.24) is 10.2 Å². The molecule has 124 valence electrons. The van der Waals surface area contributed by atoms with Crippen molar-refractivity contribution >= 4 is 11.9 Å². The minimum absolute atomic E-state index is 0.0354. The number of rotatable bonds is 3. The van der Waals surface area contributed by atoms with Crippen LogP contribution in [-0.4, -0.2) is 22.8 Å². The molecule has 0 aliphatic rings. The van der Waals surface area contributed by atoms with Gasteiger partial charge in [0.25, 0.3) is 5.56 Å². The molecule has 0 amide bonds. The molecule has 0 radical (unpaired) electrons. The third kappa shape index (κ3) is 4.37. The van der Waals surface area contributed by atoms with Crippen LogP contribution in [0.1, 0.15) is 11.3 Å². The summed E-state index contributed by atoms with van der Waals surface area (Å²) in [6.07, 6.45) is -8.98. The van der Waals surface area contributed by atoms with Crippen LogP contribution in [-0.2, 0) is 6.18 Å². The Balaban J connectivity index is 2.22. The number of halogens is 6. The first-order valence-corrected chi connectivity index (χ1v) is 5.84. The summed E-state index contributed by atoms with van der Waals surface area (Å²) >= 11 is 0. The highest BCUT2D eigenvalue weighted by atomic mass is 19.4. The number of hydrogen-bond donors (Lipinski definition) is 2. The number of aromatic amines is 2. The van der Waals surface area contributed by atoms with Gasteiger partial charge in [-0.25, -0.2) is 0 Å². The van der Waals surface area contributed by atoms with Gasteiger partial charge in [-0.1, -0.05) is 0 Å². The molecule has 2 rings (SSSR count). The number of aliphatic imine (C=N–C) groups is 1. The lowest BCUT2D eigenvalue weighted by atomic mass is 10.2. The van der Waals surface area contributed by atoms with E-state index in [0.29, 0.717) is 6.21 Å². The van der Waals surface area contributed by atoms with Crippen molar-refractivity contribution in [3.63, 3.8) is 0 Å². The maximum absolute atomic E-state index is 12.6. The molecule has 5 nitrogen and oxygen atoms in total. The van der Waals surface area contributed by atoms with Gasteiger partial charge < -0.3 is 4.74 Å². The summed E-state index contributed by atoms with van der Waals surface area (Å²) in [5.74, 6) is -0.507. The van der Waals surface area contributed by atoms with Crippen molar-refractivity contribution in [2.45, 2.75) is 12.5 Å². The Bertz CT molecular complexity index is 755. The third-order valence-electron chi connectivity index (χ3n) is 2.51. The Morgan fingerprint density at radius 3 is 2.13 bits per heavy atom. The molecule has 0 saturated carbocycles. The molecule has 0 fully saturated rings. The number of nitrogens with one attached hydrogen (secondary N) is 2. The Labute approximate surface area is 123 Å². The van der Waals surface area contributed by atoms with E-state index in [-0.39, 0.29) is 5.69 Å². The van der Waals surface area contributed by atoms with Crippen LogP contribution in [0.3, 0.4) is 0 Å². The van der Waals surface area contributed by atoms with Crippen LogP contribution in [0.5, 0.6) is 5.75 Å². The van der Waals surface area contributed by atoms with E-state index in [2.05, 4.69) is 9.73 Å². The van der Waals surface area contributed by atoms with Gasteiger partial charge in [0, 0.05) is 6.21 Å². The number of hydrogen-bond acceptors (Lipinski definition) is 3. The van der Waals surface area contributed by atoms with Crippen LogP contribution in [0.4, 0.5) is 32.0 Å². The molecule has 23 heavy (non-hydrogen) atoms. The van der Waals surface area contributed by atoms with E-state index in [9.17, 15) is 31.1 Å². The van der Waals surface area contributed by atoms with Gasteiger partial charge in [0.15, 0.2) is 5.69 Å². The lowest BCUT2D eigenvalue weighted by Gasteiger charge is -2.08. The molecule has 1 aromatic carbocycles. The van der Waals surface area contributed by atoms with E-state index in [1.54, 1.807) is 10.2 Å². The molecular weight excluding hydrogens is 332 g/mol. The molecule has 1 aromatic heterocycles. The third-order valence-corrected chi connectivity index (χ3v) is 2.51. The van der Waals surface area contributed by atoms with Crippen LogP contribution in [0.15, 0.2) is 34.1 Å². The second-order valence-electron chi connectivity index (χ2n) is 4.17. The number of benzene rings is 1. The molecule has 0 bridgehead atoms. The number of aromatic nitrogens is 2. The summed E-state index contributed by atoms with van der Waals surface area (Å²) in [7, 11) is 0. The van der Waals surface area contributed by atoms with Gasteiger partial charge in [-0.05, 0) is 24.3 Å². The van der Waals surface area contributed by atoms with E-state index >= 15 is 0 Å². The molecule has 0 unspecified atom stereocenters. The quantitative estimate of drug-likeness (QED) is 0.665. The SMILES string of the molecule is O=c1[nH][nH]c(C(F)(F)F)c1C=Nc1ccc(OC(F)(F)F)cc1. The van der Waals surface area contributed by atoms with Crippen LogP contribution >= 0.6 is 0 Å². The van der Waals surface area contributed by atoms with Gasteiger partial charge >= 0.3 is 12.5 Å². The zero-order chi connectivity index (χ0) is 17.3. The average molecular weight is 339 g/mol. The van der Waals surface area contributed by atoms with Crippen LogP contribution in [0.2, 0.25) is 0 Å². The maximum Gasteiger partial charge on any atom is 0.573 e. The Hall–Kier alpha value is -2.72. The summed E-state index contributed by atoms with van der Waals surface area (Å²) in [5.41, 5.74) is -3.04. The van der Waals surface area contributed by atoms with Crippen LogP contribution < -0.4 is 10.3 Å². The average Bonchev–Trinajstić information content (AvgIpc) is 2.77. The fourth-order valence-electron chi connectivity index (χ4n) is 1.59. The Morgan fingerprint density at radius 2 is 1.61 bits per heavy atom. The largest absolute Gasteiger partial charge is 0.573 e. The molecule has 0 saturated heterocycles. The number of ether oxygens (including phenoxy) is 1. The van der Waals surface area contributed by atoms with Crippen molar-refractivity contribution in [3.05, 3.63) is 45.9 Å². The van der Waals surface area contributed by atoms with Crippen molar-refractivity contribution in [2.24, 2.45) is 4.99 Å². The number of alkyl halides is 6. The summed E-state index contributed by atoms with van der Waals surface area (Å²) in [5, 5.41) is 3.46. The van der Waals surface area contributed by atoms with Gasteiger partial charge in [-0.3, -0.25) is 20.0 Å². The van der Waals surface area contributed by atoms with Crippen molar-refractivity contribution in [2.75, 3.05) is 0 Å². The topological polar surface area (TPSA) is 70.2 Å². The Kier molecular flexibility index (Phi) is 4.21. The summed E-state index contributed by atoms with van der Waals surface area (Å²) < 4.78 is 77.4. The fraction of sp³-hybridized carbons (Fsp3) is 0.167. The highest BCUT2D eigenvalue weighted by Crippen LogP contribution is 2.29. The van der Waals surface area contributed by atoms with Gasteiger partial charge in [0.2, 0.25) is 0 Å². The second-order valence-corrected chi connectivity index (χ2v) is 4.17. The normalized spacial score (nSPS) is 12.8. The molecule has 11 heteroatoms. The monoisotopic (exact) mass is 339 g/mol. The van der Waals surface area contributed by atoms with Crippen molar-refractivity contribution in [1.29, 1.82) is 0 Å². The van der Waals surface area contributed by atoms with Crippen molar-refractivity contribution in [3.8, 4) is 5.75 Å². The highest BCUT2D eigenvalue weighted by molar-refractivity contribution is 5.83. The lowest BCUT2D eigenvalue weighted by molar-refractivity contribution is -0.274. The van der Waals surface area contributed by atoms with E-state index in [1.165, 1.54) is 0 Å². The van der Waals surface area contributed by atoms with E-state index in [4.69, 9.17) is 0 Å². The lowest BCUT2D eigenvalue weighted by Crippen LogP contribution is -2.16. The number of H-pyrrole nitrogens is 2. The minimum Gasteiger partial charge on any atom is -0.406 e. The summed E-state index contributed by atoms with van der Waals surface area (Å²) in [6, 6.07) is 4.05. The zero-order valence-electron chi connectivity index (χ0n) is 10.9. The first kappa shape index (κ1) is 16.6. The predicted molar refractivity (Wildman–Crippen MR) is 66.8 cm³/mol. The molecule has 2 N–H and O–H groups in total. The summed E-state index contributed by atoms with van der Waals surface area (Å²) in [6.45, 7) is 0. The van der Waals surface area contributed by atoms with Gasteiger partial charge in [0.05, 0.1) is 11.3 Å². The van der Waals surface area contributed by atoms with Crippen LogP contribution in [0, 0.1) is 0 Å². The molecule has 2 aromatic rings. The first-order chi connectivity index (χ1) is 10.6. The first-order valence-electron chi connectivity index (χ1n) is 5.84. The van der Waals surface area contributed by atoms with Crippen molar-refractivity contribution < 1.29 is 31.1 Å². The van der Waals surface area contributed by atoms with E-state index < -0.39 is 35.1 Å². The van der Waals surface area contributed by atoms with E-state index in [1.807, 2.05) is 0 Å². The fourth-order valence-corrected chi connectivity index (χ4v) is 1.59. The molecule has 0 aliphatic heterocycles. The van der Waals surface area contributed by atoms with Gasteiger partial charge in [0.1, 0.15) is 5.75 Å². The number of nitrogens with zero attached hydrogens (tertiary/aromatic N) is 1. The van der Waals surface area contributed by atoms with Gasteiger partial charge in [-0.2, -0.15) is 13.2 Å². The minimum atomic E-state index is -4.86. The smallest absolute Gasteiger partial charge is 0.406 e. The standard InChI is InChI=1S/C12H7F6N3O2/c13-11(14,15)9-8(10(22)21-20-9)5-19-6-1-3-7(4-2-6)23-12(16,17)18/h1-5H,(H2,20,21,22). The predicted octanol–water partition coefficient (Wildman–Crippen LogP) is 3.37. The molecule has 0 spiro atoms. The van der Waals surface area contributed by atoms with Crippen LogP contribution in [0.25, 0.3) is 0 Å². The van der Waals surface area contributed by atoms with Gasteiger partial charge in [-0.15, -0.1) is 13.2 Å². The van der Waals surface area contributed by atoms with E-state index in [0.717, 1.165) is 24.3 Å². The highest BCUT2D eigenvalue weighted by Gasteiger charge is 2.36. The Morgan fingerprint density at radius 1 is 1.00 bits per heavy atom.